The Bertz CT molecular complexity index is 1200. The van der Waals surface area contributed by atoms with Crippen LogP contribution in [0, 0.1) is 5.92 Å². The normalized spacial score (nSPS) is 16.1. The van der Waals surface area contributed by atoms with Crippen LogP contribution in [0.1, 0.15) is 42.4 Å². The molecule has 2 N–H and O–H groups in total. The summed E-state index contributed by atoms with van der Waals surface area (Å²) in [7, 11) is 0. The lowest BCUT2D eigenvalue weighted by Crippen LogP contribution is -2.40. The molecular formula is C25H27Cl2N5O3. The Labute approximate surface area is 214 Å². The smallest absolute Gasteiger partial charge is 0.253 e. The number of amides is 2. The summed E-state index contributed by atoms with van der Waals surface area (Å²) in [6, 6.07) is 12.2. The molecule has 0 saturated carbocycles. The highest BCUT2D eigenvalue weighted by Crippen LogP contribution is 2.29. The molecule has 0 aliphatic carbocycles. The number of nitrogens with one attached hydrogen (secondary N) is 2. The first-order chi connectivity index (χ1) is 16.9. The molecule has 1 aliphatic heterocycles. The van der Waals surface area contributed by atoms with Gasteiger partial charge in [0, 0.05) is 23.7 Å². The third-order valence-corrected chi connectivity index (χ3v) is 6.39. The van der Waals surface area contributed by atoms with Gasteiger partial charge in [-0.25, -0.2) is 0 Å². The summed E-state index contributed by atoms with van der Waals surface area (Å²) in [5.74, 6) is 0.324. The van der Waals surface area contributed by atoms with Crippen LogP contribution in [-0.2, 0) is 11.3 Å². The maximum Gasteiger partial charge on any atom is 0.253 e. The highest BCUT2D eigenvalue weighted by molar-refractivity contribution is 6.36. The first-order valence-corrected chi connectivity index (χ1v) is 12.4. The molecule has 0 radical (unpaired) electrons. The quantitative estimate of drug-likeness (QED) is 0.436. The van der Waals surface area contributed by atoms with Crippen molar-refractivity contribution in [2.45, 2.75) is 32.7 Å². The summed E-state index contributed by atoms with van der Waals surface area (Å²) in [5.41, 5.74) is 1.62. The molecule has 2 heterocycles. The number of carbonyl (C=O) groups is 2. The number of hydrogen-bond donors (Lipinski definition) is 2. The van der Waals surface area contributed by atoms with Gasteiger partial charge in [-0.3, -0.25) is 14.5 Å². The van der Waals surface area contributed by atoms with Crippen molar-refractivity contribution in [3.05, 3.63) is 64.0 Å². The Morgan fingerprint density at radius 1 is 1.20 bits per heavy atom. The fourth-order valence-corrected chi connectivity index (χ4v) is 4.56. The fourth-order valence-electron chi connectivity index (χ4n) is 4.06. The molecule has 1 saturated heterocycles. The zero-order valence-corrected chi connectivity index (χ0v) is 20.9. The first-order valence-electron chi connectivity index (χ1n) is 11.6. The summed E-state index contributed by atoms with van der Waals surface area (Å²) in [4.78, 5) is 32.1. The molecule has 8 nitrogen and oxygen atoms in total. The number of carbonyl (C=O) groups excluding carboxylic acids is 2. The van der Waals surface area contributed by atoms with Crippen LogP contribution in [0.4, 0.5) is 5.69 Å². The molecule has 35 heavy (non-hydrogen) atoms. The van der Waals surface area contributed by atoms with E-state index in [4.69, 9.17) is 27.7 Å². The molecule has 2 amide bonds. The van der Waals surface area contributed by atoms with Crippen molar-refractivity contribution in [2.75, 3.05) is 25.0 Å². The van der Waals surface area contributed by atoms with E-state index in [1.54, 1.807) is 42.5 Å². The van der Waals surface area contributed by atoms with Crippen LogP contribution in [0.15, 0.2) is 47.0 Å². The maximum absolute atomic E-state index is 13.1. The number of rotatable bonds is 8. The van der Waals surface area contributed by atoms with Gasteiger partial charge in [0.1, 0.15) is 0 Å². The van der Waals surface area contributed by atoms with Gasteiger partial charge in [-0.15, -0.1) is 0 Å². The zero-order chi connectivity index (χ0) is 24.8. The monoisotopic (exact) mass is 515 g/mol. The molecule has 2 aromatic carbocycles. The highest BCUT2D eigenvalue weighted by atomic mass is 35.5. The number of aromatic nitrogens is 2. The van der Waals surface area contributed by atoms with Gasteiger partial charge >= 0.3 is 0 Å². The number of likely N-dealkylation sites (tertiary alicyclic amines) is 1. The van der Waals surface area contributed by atoms with Gasteiger partial charge in [-0.2, -0.15) is 4.98 Å². The second-order valence-corrected chi connectivity index (χ2v) is 9.34. The van der Waals surface area contributed by atoms with Crippen LogP contribution in [-0.4, -0.2) is 46.5 Å². The fraction of sp³-hybridized carbons (Fsp3) is 0.360. The summed E-state index contributed by atoms with van der Waals surface area (Å²) < 4.78 is 5.43. The van der Waals surface area contributed by atoms with E-state index in [1.165, 1.54) is 0 Å². The Balaban J connectivity index is 1.38. The van der Waals surface area contributed by atoms with Crippen molar-refractivity contribution >= 4 is 40.7 Å². The van der Waals surface area contributed by atoms with Crippen molar-refractivity contribution in [2.24, 2.45) is 5.92 Å². The number of nitrogens with zero attached hydrogens (tertiary/aromatic N) is 3. The van der Waals surface area contributed by atoms with E-state index in [-0.39, 0.29) is 17.7 Å². The minimum absolute atomic E-state index is 0.107. The minimum atomic E-state index is -0.219. The second kappa shape index (κ2) is 11.7. The standard InChI is InChI=1S/C25H27Cl2N5O3/c1-2-11-28-25(34)19-7-3-4-8-21(19)29-24(33)16-6-5-12-32(14-16)15-22-30-23(31-35-22)18-10-9-17(26)13-20(18)27/h3-4,7-10,13,16H,2,5-6,11-12,14-15H2,1H3,(H,28,34)(H,29,33). The highest BCUT2D eigenvalue weighted by Gasteiger charge is 2.28. The van der Waals surface area contributed by atoms with Crippen molar-refractivity contribution in [1.29, 1.82) is 0 Å². The molecule has 10 heteroatoms. The number of piperidine rings is 1. The first kappa shape index (κ1) is 25.2. The third-order valence-electron chi connectivity index (χ3n) is 5.84. The largest absolute Gasteiger partial charge is 0.352 e. The van der Waals surface area contributed by atoms with E-state index in [2.05, 4.69) is 25.7 Å². The molecule has 4 rings (SSSR count). The van der Waals surface area contributed by atoms with Crippen molar-refractivity contribution in [1.82, 2.24) is 20.4 Å². The predicted octanol–water partition coefficient (Wildman–Crippen LogP) is 5.03. The van der Waals surface area contributed by atoms with E-state index in [9.17, 15) is 9.59 Å². The van der Waals surface area contributed by atoms with Gasteiger partial charge in [0.05, 0.1) is 28.7 Å². The van der Waals surface area contributed by atoms with E-state index >= 15 is 0 Å². The van der Waals surface area contributed by atoms with E-state index in [1.807, 2.05) is 6.92 Å². The molecule has 0 spiro atoms. The maximum atomic E-state index is 13.1. The number of hydrogen-bond acceptors (Lipinski definition) is 6. The average Bonchev–Trinajstić information content (AvgIpc) is 3.31. The van der Waals surface area contributed by atoms with Gasteiger partial charge < -0.3 is 15.2 Å². The number of para-hydroxylation sites is 1. The Morgan fingerprint density at radius 3 is 2.83 bits per heavy atom. The lowest BCUT2D eigenvalue weighted by molar-refractivity contribution is -0.121. The average molecular weight is 516 g/mol. The van der Waals surface area contributed by atoms with E-state index in [0.29, 0.717) is 58.2 Å². The van der Waals surface area contributed by atoms with Crippen LogP contribution in [0.2, 0.25) is 10.0 Å². The summed E-state index contributed by atoms with van der Waals surface area (Å²) in [6.07, 6.45) is 2.47. The summed E-state index contributed by atoms with van der Waals surface area (Å²) in [5, 5.41) is 10.8. The van der Waals surface area contributed by atoms with E-state index < -0.39 is 0 Å². The third kappa shape index (κ3) is 6.39. The van der Waals surface area contributed by atoms with Gasteiger partial charge in [-0.1, -0.05) is 47.4 Å². The molecule has 0 bridgehead atoms. The topological polar surface area (TPSA) is 100 Å². The Hall–Kier alpha value is -2.94. The van der Waals surface area contributed by atoms with Gasteiger partial charge in [-0.05, 0) is 56.1 Å². The summed E-state index contributed by atoms with van der Waals surface area (Å²) in [6.45, 7) is 4.37. The van der Waals surface area contributed by atoms with Crippen molar-refractivity contribution in [3.8, 4) is 11.4 Å². The molecule has 184 valence electrons. The molecule has 1 unspecified atom stereocenters. The summed E-state index contributed by atoms with van der Waals surface area (Å²) >= 11 is 12.2. The SMILES string of the molecule is CCCNC(=O)c1ccccc1NC(=O)C1CCCN(Cc2nc(-c3ccc(Cl)cc3Cl)no2)C1. The molecule has 3 aromatic rings. The molecule has 1 fully saturated rings. The number of anilines is 1. The van der Waals surface area contributed by atoms with Crippen LogP contribution >= 0.6 is 23.2 Å². The van der Waals surface area contributed by atoms with Gasteiger partial charge in [0.25, 0.3) is 5.91 Å². The number of halogens is 2. The molecule has 1 aliphatic rings. The van der Waals surface area contributed by atoms with Crippen molar-refractivity contribution < 1.29 is 14.1 Å². The lowest BCUT2D eigenvalue weighted by atomic mass is 9.96. The molecular weight excluding hydrogens is 489 g/mol. The van der Waals surface area contributed by atoms with Gasteiger partial charge in [0.15, 0.2) is 0 Å². The Kier molecular flexibility index (Phi) is 8.38. The zero-order valence-electron chi connectivity index (χ0n) is 19.4. The van der Waals surface area contributed by atoms with E-state index in [0.717, 1.165) is 25.8 Å². The second-order valence-electron chi connectivity index (χ2n) is 8.50. The predicted molar refractivity (Wildman–Crippen MR) is 135 cm³/mol. The van der Waals surface area contributed by atoms with Crippen LogP contribution < -0.4 is 10.6 Å². The Morgan fingerprint density at radius 2 is 2.03 bits per heavy atom. The van der Waals surface area contributed by atoms with Crippen LogP contribution in [0.5, 0.6) is 0 Å². The van der Waals surface area contributed by atoms with Crippen molar-refractivity contribution in [3.63, 3.8) is 0 Å². The molecule has 1 aromatic heterocycles. The molecule has 1 atom stereocenters. The minimum Gasteiger partial charge on any atom is -0.352 e. The number of benzene rings is 2. The van der Waals surface area contributed by atoms with Crippen LogP contribution in [0.3, 0.4) is 0 Å². The van der Waals surface area contributed by atoms with Gasteiger partial charge in [0.2, 0.25) is 17.6 Å². The van der Waals surface area contributed by atoms with Crippen LogP contribution in [0.25, 0.3) is 11.4 Å². The lowest BCUT2D eigenvalue weighted by Gasteiger charge is -2.31.